The topological polar surface area (TPSA) is 82.1 Å². The van der Waals surface area contributed by atoms with Crippen molar-refractivity contribution in [3.05, 3.63) is 16.1 Å². The summed E-state index contributed by atoms with van der Waals surface area (Å²) in [5, 5.41) is 7.33. The maximum absolute atomic E-state index is 11.9. The number of guanidine groups is 1. The molecule has 2 N–H and O–H groups in total. The molecule has 0 radical (unpaired) electrons. The van der Waals surface area contributed by atoms with Gasteiger partial charge in [-0.2, -0.15) is 0 Å². The molecule has 1 aromatic heterocycles. The first-order chi connectivity index (χ1) is 12.7. The predicted molar refractivity (Wildman–Crippen MR) is 120 cm³/mol. The molecule has 1 aliphatic heterocycles. The van der Waals surface area contributed by atoms with E-state index in [1.165, 1.54) is 4.88 Å². The number of amides is 1. The van der Waals surface area contributed by atoms with E-state index in [1.807, 2.05) is 6.20 Å². The van der Waals surface area contributed by atoms with E-state index in [0.29, 0.717) is 26.2 Å². The Morgan fingerprint density at radius 2 is 2.07 bits per heavy atom. The zero-order valence-electron chi connectivity index (χ0n) is 16.4. The monoisotopic (exact) mass is 510 g/mol. The molecule has 0 bridgehead atoms. The van der Waals surface area contributed by atoms with E-state index in [2.05, 4.69) is 37.3 Å². The highest BCUT2D eigenvalue weighted by atomic mass is 127. The highest BCUT2D eigenvalue weighted by Crippen LogP contribution is 2.13. The number of aryl methyl sites for hydroxylation is 1. The first-order valence-corrected chi connectivity index (χ1v) is 9.85. The van der Waals surface area contributed by atoms with Gasteiger partial charge in [-0.25, -0.2) is 4.98 Å². The van der Waals surface area contributed by atoms with Crippen molar-refractivity contribution in [2.45, 2.75) is 19.9 Å². The van der Waals surface area contributed by atoms with Crippen LogP contribution in [-0.4, -0.2) is 86.7 Å². The van der Waals surface area contributed by atoms with Gasteiger partial charge < -0.3 is 20.3 Å². The van der Waals surface area contributed by atoms with Gasteiger partial charge in [0.25, 0.3) is 0 Å². The van der Waals surface area contributed by atoms with Crippen molar-refractivity contribution in [3.8, 4) is 0 Å². The SMILES string of the molecule is CCc1cnc(CNC(=NC)N2CCN(CC(=O)NCCOC)CC2)s1.I. The number of aliphatic imine (C=N–C) groups is 1. The summed E-state index contributed by atoms with van der Waals surface area (Å²) in [4.78, 5) is 26.4. The number of hydrogen-bond acceptors (Lipinski definition) is 6. The van der Waals surface area contributed by atoms with Gasteiger partial charge in [0.05, 0.1) is 19.7 Å². The minimum Gasteiger partial charge on any atom is -0.383 e. The van der Waals surface area contributed by atoms with Crippen molar-refractivity contribution in [1.29, 1.82) is 0 Å². The quantitative estimate of drug-likeness (QED) is 0.233. The second-order valence-electron chi connectivity index (χ2n) is 6.08. The van der Waals surface area contributed by atoms with Crippen molar-refractivity contribution < 1.29 is 9.53 Å². The van der Waals surface area contributed by atoms with E-state index in [9.17, 15) is 4.79 Å². The van der Waals surface area contributed by atoms with E-state index >= 15 is 0 Å². The van der Waals surface area contributed by atoms with Crippen LogP contribution in [0.3, 0.4) is 0 Å². The van der Waals surface area contributed by atoms with Crippen LogP contribution in [0.5, 0.6) is 0 Å². The molecule has 154 valence electrons. The van der Waals surface area contributed by atoms with E-state index in [1.54, 1.807) is 25.5 Å². The zero-order valence-corrected chi connectivity index (χ0v) is 19.5. The molecule has 0 spiro atoms. The number of hydrogen-bond donors (Lipinski definition) is 2. The number of nitrogens with zero attached hydrogens (tertiary/aromatic N) is 4. The molecule has 0 saturated carbocycles. The van der Waals surface area contributed by atoms with Crippen LogP contribution >= 0.6 is 35.3 Å². The lowest BCUT2D eigenvalue weighted by Gasteiger charge is -2.36. The lowest BCUT2D eigenvalue weighted by molar-refractivity contribution is -0.122. The number of carbonyl (C=O) groups excluding carboxylic acids is 1. The van der Waals surface area contributed by atoms with Gasteiger partial charge in [0.15, 0.2) is 5.96 Å². The molecule has 2 rings (SSSR count). The number of ether oxygens (including phenoxy) is 1. The molecule has 1 saturated heterocycles. The Labute approximate surface area is 182 Å². The van der Waals surface area contributed by atoms with Gasteiger partial charge in [-0.15, -0.1) is 35.3 Å². The summed E-state index contributed by atoms with van der Waals surface area (Å²) in [6, 6.07) is 0. The zero-order chi connectivity index (χ0) is 18.8. The largest absolute Gasteiger partial charge is 0.383 e. The van der Waals surface area contributed by atoms with Gasteiger partial charge in [0.1, 0.15) is 5.01 Å². The minimum atomic E-state index is 0. The number of aromatic nitrogens is 1. The van der Waals surface area contributed by atoms with Gasteiger partial charge >= 0.3 is 0 Å². The molecule has 10 heteroatoms. The summed E-state index contributed by atoms with van der Waals surface area (Å²) in [5.41, 5.74) is 0. The standard InChI is InChI=1S/C17H30N6O2S.HI/c1-4-14-11-20-16(26-14)12-21-17(18-2)23-8-6-22(7-9-23)13-15(24)19-5-10-25-3;/h11H,4-10,12-13H2,1-3H3,(H,18,21)(H,19,24);1H. The van der Waals surface area contributed by atoms with Crippen LogP contribution in [0.2, 0.25) is 0 Å². The van der Waals surface area contributed by atoms with Crippen LogP contribution in [0.15, 0.2) is 11.2 Å². The number of methoxy groups -OCH3 is 1. The Balaban J connectivity index is 0.00000364. The lowest BCUT2D eigenvalue weighted by Crippen LogP contribution is -2.54. The Morgan fingerprint density at radius 3 is 2.67 bits per heavy atom. The van der Waals surface area contributed by atoms with Crippen LogP contribution in [-0.2, 0) is 22.5 Å². The molecule has 1 aromatic rings. The summed E-state index contributed by atoms with van der Waals surface area (Å²) < 4.78 is 4.94. The van der Waals surface area contributed by atoms with E-state index in [-0.39, 0.29) is 29.9 Å². The molecule has 1 amide bonds. The first kappa shape index (κ1) is 24.1. The van der Waals surface area contributed by atoms with Gasteiger partial charge in [-0.3, -0.25) is 14.7 Å². The van der Waals surface area contributed by atoms with Gasteiger partial charge in [-0.1, -0.05) is 6.92 Å². The summed E-state index contributed by atoms with van der Waals surface area (Å²) in [6.07, 6.45) is 2.97. The highest BCUT2D eigenvalue weighted by molar-refractivity contribution is 14.0. The molecular weight excluding hydrogens is 479 g/mol. The Hall–Kier alpha value is -0.980. The summed E-state index contributed by atoms with van der Waals surface area (Å²) in [5.74, 6) is 0.941. The number of halogens is 1. The Bertz CT molecular complexity index is 590. The van der Waals surface area contributed by atoms with Crippen molar-refractivity contribution >= 4 is 47.2 Å². The molecule has 0 aliphatic carbocycles. The molecule has 0 unspecified atom stereocenters. The van der Waals surface area contributed by atoms with Crippen LogP contribution in [0.1, 0.15) is 16.8 Å². The fourth-order valence-corrected chi connectivity index (χ4v) is 3.55. The molecular formula is C17H31IN6O2S. The maximum Gasteiger partial charge on any atom is 0.234 e. The maximum atomic E-state index is 11.9. The average molecular weight is 510 g/mol. The van der Waals surface area contributed by atoms with E-state index in [0.717, 1.165) is 43.6 Å². The van der Waals surface area contributed by atoms with Crippen LogP contribution in [0.25, 0.3) is 0 Å². The fourth-order valence-electron chi connectivity index (χ4n) is 2.75. The number of piperazine rings is 1. The first-order valence-electron chi connectivity index (χ1n) is 9.03. The molecule has 1 aliphatic rings. The molecule has 0 aromatic carbocycles. The average Bonchev–Trinajstić information content (AvgIpc) is 3.12. The minimum absolute atomic E-state index is 0. The summed E-state index contributed by atoms with van der Waals surface area (Å²) >= 11 is 1.74. The van der Waals surface area contributed by atoms with E-state index < -0.39 is 0 Å². The van der Waals surface area contributed by atoms with Crippen molar-refractivity contribution in [3.63, 3.8) is 0 Å². The number of rotatable bonds is 8. The van der Waals surface area contributed by atoms with Crippen LogP contribution < -0.4 is 10.6 Å². The Morgan fingerprint density at radius 1 is 1.33 bits per heavy atom. The smallest absolute Gasteiger partial charge is 0.234 e. The normalized spacial score (nSPS) is 15.4. The van der Waals surface area contributed by atoms with Crippen molar-refractivity contribution in [2.75, 3.05) is 60.0 Å². The molecule has 2 heterocycles. The van der Waals surface area contributed by atoms with Crippen molar-refractivity contribution in [1.82, 2.24) is 25.4 Å². The molecule has 27 heavy (non-hydrogen) atoms. The predicted octanol–water partition coefficient (Wildman–Crippen LogP) is 0.779. The van der Waals surface area contributed by atoms with Gasteiger partial charge in [0.2, 0.25) is 5.91 Å². The second-order valence-corrected chi connectivity index (χ2v) is 7.28. The molecule has 8 nitrogen and oxygen atoms in total. The van der Waals surface area contributed by atoms with Crippen LogP contribution in [0.4, 0.5) is 0 Å². The van der Waals surface area contributed by atoms with Gasteiger partial charge in [0, 0.05) is 58.0 Å². The second kappa shape index (κ2) is 13.2. The van der Waals surface area contributed by atoms with Crippen LogP contribution in [0, 0.1) is 0 Å². The molecule has 0 atom stereocenters. The van der Waals surface area contributed by atoms with Crippen molar-refractivity contribution in [2.24, 2.45) is 4.99 Å². The molecule has 1 fully saturated rings. The van der Waals surface area contributed by atoms with Gasteiger partial charge in [-0.05, 0) is 6.42 Å². The number of carbonyl (C=O) groups is 1. The fraction of sp³-hybridized carbons (Fsp3) is 0.706. The number of nitrogens with one attached hydrogen (secondary N) is 2. The summed E-state index contributed by atoms with van der Waals surface area (Å²) in [6.45, 7) is 7.75. The third kappa shape index (κ3) is 8.28. The third-order valence-corrected chi connectivity index (χ3v) is 5.37. The number of thiazole rings is 1. The van der Waals surface area contributed by atoms with E-state index in [4.69, 9.17) is 4.74 Å². The Kier molecular flexibility index (Phi) is 11.8. The highest BCUT2D eigenvalue weighted by Gasteiger charge is 2.21. The third-order valence-electron chi connectivity index (χ3n) is 4.23. The summed E-state index contributed by atoms with van der Waals surface area (Å²) in [7, 11) is 3.43. The lowest BCUT2D eigenvalue weighted by atomic mass is 10.3.